The molecule has 0 radical (unpaired) electrons. The molecule has 0 aliphatic carbocycles. The van der Waals surface area contributed by atoms with E-state index in [2.05, 4.69) is 0 Å². The lowest BCUT2D eigenvalue weighted by atomic mass is 10.1. The summed E-state index contributed by atoms with van der Waals surface area (Å²) in [6.45, 7) is 0. The first-order valence-corrected chi connectivity index (χ1v) is 4.81. The fourth-order valence-corrected chi connectivity index (χ4v) is 2.06. The van der Waals surface area contributed by atoms with Gasteiger partial charge in [0.25, 0.3) is 0 Å². The minimum absolute atomic E-state index is 0.0562. The van der Waals surface area contributed by atoms with E-state index in [0.29, 0.717) is 6.42 Å². The summed E-state index contributed by atoms with van der Waals surface area (Å²) in [6.07, 6.45) is 0.697. The van der Waals surface area contributed by atoms with Crippen molar-refractivity contribution in [3.63, 3.8) is 0 Å². The van der Waals surface area contributed by atoms with Crippen LogP contribution in [0, 0.1) is 5.82 Å². The van der Waals surface area contributed by atoms with Crippen LogP contribution in [0.15, 0.2) is 18.2 Å². The number of rotatable bonds is 2. The third-order valence-electron chi connectivity index (χ3n) is 2.84. The average molecular weight is 209 g/mol. The van der Waals surface area contributed by atoms with Crippen molar-refractivity contribution in [3.05, 3.63) is 29.6 Å². The molecule has 1 aliphatic rings. The van der Waals surface area contributed by atoms with Crippen molar-refractivity contribution in [2.75, 3.05) is 11.9 Å². The molecular formula is C11H12FNO2. The van der Waals surface area contributed by atoms with E-state index in [0.717, 1.165) is 11.3 Å². The molecule has 1 heterocycles. The third kappa shape index (κ3) is 1.79. The van der Waals surface area contributed by atoms with Gasteiger partial charge in [0.15, 0.2) is 0 Å². The van der Waals surface area contributed by atoms with Gasteiger partial charge >= 0.3 is 5.97 Å². The minimum Gasteiger partial charge on any atom is -0.481 e. The predicted molar refractivity (Wildman–Crippen MR) is 54.5 cm³/mol. The molecule has 0 aromatic heterocycles. The Labute approximate surface area is 87.1 Å². The number of hydrogen-bond acceptors (Lipinski definition) is 2. The number of likely N-dealkylation sites (N-methyl/N-ethyl adjacent to an activating group) is 1. The zero-order valence-corrected chi connectivity index (χ0v) is 8.40. The molecule has 0 saturated carbocycles. The fraction of sp³-hybridized carbons (Fsp3) is 0.364. The lowest BCUT2D eigenvalue weighted by molar-refractivity contribution is -0.137. The molecule has 1 aliphatic heterocycles. The van der Waals surface area contributed by atoms with Gasteiger partial charge in [-0.1, -0.05) is 0 Å². The van der Waals surface area contributed by atoms with Gasteiger partial charge < -0.3 is 10.0 Å². The summed E-state index contributed by atoms with van der Waals surface area (Å²) in [7, 11) is 1.84. The van der Waals surface area contributed by atoms with Crippen molar-refractivity contribution in [1.82, 2.24) is 0 Å². The number of carboxylic acids is 1. The van der Waals surface area contributed by atoms with Crippen LogP contribution < -0.4 is 4.90 Å². The number of halogens is 1. The highest BCUT2D eigenvalue weighted by atomic mass is 19.1. The van der Waals surface area contributed by atoms with Crippen LogP contribution in [0.4, 0.5) is 10.1 Å². The molecule has 0 fully saturated rings. The average Bonchev–Trinajstić information content (AvgIpc) is 2.42. The van der Waals surface area contributed by atoms with E-state index in [1.54, 1.807) is 6.07 Å². The molecule has 0 bridgehead atoms. The van der Waals surface area contributed by atoms with Gasteiger partial charge in [-0.15, -0.1) is 0 Å². The lowest BCUT2D eigenvalue weighted by Crippen LogP contribution is -2.30. The van der Waals surface area contributed by atoms with E-state index >= 15 is 0 Å². The van der Waals surface area contributed by atoms with Crippen molar-refractivity contribution in [2.24, 2.45) is 0 Å². The molecule has 0 spiro atoms. The molecule has 0 amide bonds. The van der Waals surface area contributed by atoms with Gasteiger partial charge in [0.2, 0.25) is 0 Å². The van der Waals surface area contributed by atoms with E-state index in [1.807, 2.05) is 11.9 Å². The van der Waals surface area contributed by atoms with Crippen LogP contribution in [0.25, 0.3) is 0 Å². The standard InChI is InChI=1S/C11H12FNO2/c1-13-9(6-11(14)15)5-7-4-8(12)2-3-10(7)13/h2-4,9H,5-6H2,1H3,(H,14,15). The molecule has 80 valence electrons. The summed E-state index contributed by atoms with van der Waals surface area (Å²) in [5.41, 5.74) is 1.83. The van der Waals surface area contributed by atoms with E-state index in [-0.39, 0.29) is 18.3 Å². The fourth-order valence-electron chi connectivity index (χ4n) is 2.06. The summed E-state index contributed by atoms with van der Waals surface area (Å²) in [5, 5.41) is 8.72. The highest BCUT2D eigenvalue weighted by molar-refractivity contribution is 5.70. The van der Waals surface area contributed by atoms with Gasteiger partial charge in [0.05, 0.1) is 6.42 Å². The quantitative estimate of drug-likeness (QED) is 0.805. The number of carboxylic acid groups (broad SMARTS) is 1. The largest absolute Gasteiger partial charge is 0.481 e. The summed E-state index contributed by atoms with van der Waals surface area (Å²) < 4.78 is 12.9. The van der Waals surface area contributed by atoms with Crippen molar-refractivity contribution >= 4 is 11.7 Å². The van der Waals surface area contributed by atoms with Crippen molar-refractivity contribution < 1.29 is 14.3 Å². The maximum Gasteiger partial charge on any atom is 0.305 e. The van der Waals surface area contributed by atoms with Crippen molar-refractivity contribution in [2.45, 2.75) is 18.9 Å². The number of aliphatic carboxylic acids is 1. The van der Waals surface area contributed by atoms with Crippen LogP contribution >= 0.6 is 0 Å². The number of nitrogens with zero attached hydrogens (tertiary/aromatic N) is 1. The summed E-state index contributed by atoms with van der Waals surface area (Å²) >= 11 is 0. The monoisotopic (exact) mass is 209 g/mol. The molecule has 3 nitrogen and oxygen atoms in total. The highest BCUT2D eigenvalue weighted by Gasteiger charge is 2.28. The zero-order valence-electron chi connectivity index (χ0n) is 8.40. The van der Waals surface area contributed by atoms with Gasteiger partial charge in [-0.05, 0) is 30.2 Å². The van der Waals surface area contributed by atoms with E-state index in [9.17, 15) is 9.18 Å². The minimum atomic E-state index is -0.819. The van der Waals surface area contributed by atoms with E-state index in [1.165, 1.54) is 12.1 Å². The smallest absolute Gasteiger partial charge is 0.305 e. The van der Waals surface area contributed by atoms with Gasteiger partial charge in [-0.25, -0.2) is 4.39 Å². The highest BCUT2D eigenvalue weighted by Crippen LogP contribution is 2.32. The molecule has 15 heavy (non-hydrogen) atoms. The second-order valence-electron chi connectivity index (χ2n) is 3.84. The summed E-state index contributed by atoms with van der Waals surface area (Å²) in [4.78, 5) is 12.5. The molecule has 0 saturated heterocycles. The second kappa shape index (κ2) is 3.53. The van der Waals surface area contributed by atoms with Crippen LogP contribution in [0.2, 0.25) is 0 Å². The first kappa shape index (κ1) is 9.96. The number of anilines is 1. The maximum absolute atomic E-state index is 12.9. The zero-order chi connectivity index (χ0) is 11.0. The molecule has 2 rings (SSSR count). The SMILES string of the molecule is CN1c2ccc(F)cc2CC1CC(=O)O. The Morgan fingerprint density at radius 3 is 3.07 bits per heavy atom. The molecule has 1 aromatic carbocycles. The van der Waals surface area contributed by atoms with Gasteiger partial charge in [-0.3, -0.25) is 4.79 Å². The van der Waals surface area contributed by atoms with Crippen LogP contribution in [-0.4, -0.2) is 24.2 Å². The number of benzene rings is 1. The van der Waals surface area contributed by atoms with Gasteiger partial charge in [0, 0.05) is 18.8 Å². The van der Waals surface area contributed by atoms with E-state index < -0.39 is 5.97 Å². The molecule has 1 atom stereocenters. The van der Waals surface area contributed by atoms with Gasteiger partial charge in [-0.2, -0.15) is 0 Å². The number of hydrogen-bond donors (Lipinski definition) is 1. The van der Waals surface area contributed by atoms with Crippen LogP contribution in [-0.2, 0) is 11.2 Å². The normalized spacial score (nSPS) is 19.1. The molecule has 1 aromatic rings. The summed E-state index contributed by atoms with van der Waals surface area (Å²) in [6, 6.07) is 4.53. The molecule has 4 heteroatoms. The summed E-state index contributed by atoms with van der Waals surface area (Å²) in [5.74, 6) is -1.08. The van der Waals surface area contributed by atoms with Gasteiger partial charge in [0.1, 0.15) is 5.82 Å². The van der Waals surface area contributed by atoms with Crippen LogP contribution in [0.5, 0.6) is 0 Å². The van der Waals surface area contributed by atoms with Crippen LogP contribution in [0.1, 0.15) is 12.0 Å². The Morgan fingerprint density at radius 1 is 1.67 bits per heavy atom. The predicted octanol–water partition coefficient (Wildman–Crippen LogP) is 1.66. The lowest BCUT2D eigenvalue weighted by Gasteiger charge is -2.20. The first-order valence-electron chi connectivity index (χ1n) is 4.81. The molecule has 1 N–H and O–H groups in total. The number of fused-ring (bicyclic) bond motifs is 1. The Bertz CT molecular complexity index is 406. The Kier molecular flexibility index (Phi) is 2.34. The third-order valence-corrected chi connectivity index (χ3v) is 2.84. The second-order valence-corrected chi connectivity index (χ2v) is 3.84. The van der Waals surface area contributed by atoms with Crippen LogP contribution in [0.3, 0.4) is 0 Å². The van der Waals surface area contributed by atoms with Crippen molar-refractivity contribution in [3.8, 4) is 0 Å². The van der Waals surface area contributed by atoms with Crippen molar-refractivity contribution in [1.29, 1.82) is 0 Å². The Balaban J connectivity index is 2.25. The maximum atomic E-state index is 12.9. The van der Waals surface area contributed by atoms with E-state index in [4.69, 9.17) is 5.11 Å². The molecular weight excluding hydrogens is 197 g/mol. The Morgan fingerprint density at radius 2 is 2.40 bits per heavy atom. The molecule has 1 unspecified atom stereocenters. The number of carbonyl (C=O) groups is 1. The Hall–Kier alpha value is -1.58. The topological polar surface area (TPSA) is 40.5 Å². The first-order chi connectivity index (χ1) is 7.08.